The third kappa shape index (κ3) is 7.40. The number of hydrogen-bond donors (Lipinski definition) is 2. The highest BCUT2D eigenvalue weighted by Crippen LogP contribution is 2.16. The van der Waals surface area contributed by atoms with Gasteiger partial charge in [0, 0.05) is 24.5 Å². The van der Waals surface area contributed by atoms with E-state index in [2.05, 4.69) is 41.8 Å². The predicted molar refractivity (Wildman–Crippen MR) is 104 cm³/mol. The maximum Gasteiger partial charge on any atom is 0.119 e. The lowest BCUT2D eigenvalue weighted by molar-refractivity contribution is 0.304. The Bertz CT molecular complexity index is 540. The normalized spacial score (nSPS) is 10.4. The van der Waals surface area contributed by atoms with Gasteiger partial charge in [-0.15, -0.1) is 0 Å². The molecule has 0 spiro atoms. The maximum atomic E-state index is 5.78. The number of hydrogen-bond acceptors (Lipinski definition) is 3. The van der Waals surface area contributed by atoms with Crippen LogP contribution in [0.25, 0.3) is 0 Å². The Morgan fingerprint density at radius 3 is 2.00 bits per heavy atom. The van der Waals surface area contributed by atoms with Crippen molar-refractivity contribution in [2.75, 3.05) is 30.3 Å². The van der Waals surface area contributed by atoms with Gasteiger partial charge in [0.15, 0.2) is 0 Å². The summed E-state index contributed by atoms with van der Waals surface area (Å²) in [6.07, 6.45) is 6.35. The third-order valence-corrected chi connectivity index (χ3v) is 3.93. The molecule has 0 aliphatic heterocycles. The minimum Gasteiger partial charge on any atom is -0.494 e. The second-order valence-corrected chi connectivity index (χ2v) is 6.01. The van der Waals surface area contributed by atoms with E-state index in [0.29, 0.717) is 0 Å². The highest BCUT2D eigenvalue weighted by atomic mass is 16.5. The second-order valence-electron chi connectivity index (χ2n) is 6.01. The number of rotatable bonds is 12. The van der Waals surface area contributed by atoms with E-state index in [9.17, 15) is 0 Å². The van der Waals surface area contributed by atoms with E-state index >= 15 is 0 Å². The van der Waals surface area contributed by atoms with Crippen molar-refractivity contribution in [2.45, 2.75) is 39.0 Å². The van der Waals surface area contributed by atoms with E-state index in [-0.39, 0.29) is 0 Å². The van der Waals surface area contributed by atoms with Gasteiger partial charge in [-0.1, -0.05) is 50.8 Å². The first-order valence-corrected chi connectivity index (χ1v) is 9.14. The average Bonchev–Trinajstić information content (AvgIpc) is 2.64. The van der Waals surface area contributed by atoms with Crippen LogP contribution in [0.4, 0.5) is 11.4 Å². The van der Waals surface area contributed by atoms with E-state index in [1.807, 2.05) is 30.3 Å². The fraction of sp³-hybridized carbons (Fsp3) is 0.429. The second kappa shape index (κ2) is 11.4. The molecule has 3 heteroatoms. The van der Waals surface area contributed by atoms with Crippen molar-refractivity contribution in [2.24, 2.45) is 0 Å². The highest BCUT2D eigenvalue weighted by molar-refractivity contribution is 5.47. The van der Waals surface area contributed by atoms with E-state index in [1.54, 1.807) is 0 Å². The third-order valence-electron chi connectivity index (χ3n) is 3.93. The van der Waals surface area contributed by atoms with Crippen molar-refractivity contribution in [3.8, 4) is 5.75 Å². The largest absolute Gasteiger partial charge is 0.494 e. The van der Waals surface area contributed by atoms with Gasteiger partial charge in [-0.05, 0) is 42.8 Å². The molecular weight excluding hydrogens is 296 g/mol. The molecule has 0 aliphatic carbocycles. The van der Waals surface area contributed by atoms with Gasteiger partial charge >= 0.3 is 0 Å². The quantitative estimate of drug-likeness (QED) is 0.501. The molecule has 0 saturated carbocycles. The molecule has 2 aromatic rings. The molecule has 2 aromatic carbocycles. The van der Waals surface area contributed by atoms with Gasteiger partial charge in [-0.2, -0.15) is 0 Å². The van der Waals surface area contributed by atoms with Crippen LogP contribution in [0, 0.1) is 0 Å². The fourth-order valence-corrected chi connectivity index (χ4v) is 2.53. The lowest BCUT2D eigenvalue weighted by Gasteiger charge is -2.10. The Morgan fingerprint density at radius 2 is 1.33 bits per heavy atom. The van der Waals surface area contributed by atoms with Crippen molar-refractivity contribution in [1.29, 1.82) is 0 Å². The molecule has 0 bridgehead atoms. The molecule has 0 radical (unpaired) electrons. The van der Waals surface area contributed by atoms with Gasteiger partial charge in [-0.3, -0.25) is 0 Å². The summed E-state index contributed by atoms with van der Waals surface area (Å²) in [6, 6.07) is 18.5. The van der Waals surface area contributed by atoms with Crippen molar-refractivity contribution < 1.29 is 4.74 Å². The molecule has 0 aromatic heterocycles. The number of para-hydroxylation sites is 1. The zero-order valence-corrected chi connectivity index (χ0v) is 14.8. The van der Waals surface area contributed by atoms with E-state index in [4.69, 9.17) is 4.74 Å². The van der Waals surface area contributed by atoms with Crippen LogP contribution in [-0.4, -0.2) is 19.7 Å². The summed E-state index contributed by atoms with van der Waals surface area (Å²) in [5.74, 6) is 0.957. The van der Waals surface area contributed by atoms with Crippen LogP contribution in [0.2, 0.25) is 0 Å². The van der Waals surface area contributed by atoms with Crippen LogP contribution in [0.1, 0.15) is 39.0 Å². The Hall–Kier alpha value is -2.16. The van der Waals surface area contributed by atoms with Gasteiger partial charge in [0.1, 0.15) is 5.75 Å². The lowest BCUT2D eigenvalue weighted by atomic mass is 10.2. The summed E-state index contributed by atoms with van der Waals surface area (Å²) in [5, 5.41) is 6.80. The zero-order valence-electron chi connectivity index (χ0n) is 14.8. The van der Waals surface area contributed by atoms with Crippen LogP contribution in [0.5, 0.6) is 5.75 Å². The van der Waals surface area contributed by atoms with E-state index < -0.39 is 0 Å². The molecule has 0 fully saturated rings. The summed E-state index contributed by atoms with van der Waals surface area (Å²) in [7, 11) is 0. The molecule has 2 rings (SSSR count). The Kier molecular flexibility index (Phi) is 8.63. The Morgan fingerprint density at radius 1 is 0.708 bits per heavy atom. The van der Waals surface area contributed by atoms with Gasteiger partial charge in [0.05, 0.1) is 6.61 Å². The molecule has 130 valence electrons. The van der Waals surface area contributed by atoms with Gasteiger partial charge < -0.3 is 15.4 Å². The van der Waals surface area contributed by atoms with Crippen LogP contribution in [-0.2, 0) is 0 Å². The van der Waals surface area contributed by atoms with Gasteiger partial charge in [-0.25, -0.2) is 0 Å². The van der Waals surface area contributed by atoms with Crippen LogP contribution in [0.15, 0.2) is 54.6 Å². The topological polar surface area (TPSA) is 33.3 Å². The average molecular weight is 326 g/mol. The number of unbranched alkanes of at least 4 members (excludes halogenated alkanes) is 4. The van der Waals surface area contributed by atoms with Crippen LogP contribution < -0.4 is 15.4 Å². The van der Waals surface area contributed by atoms with Crippen molar-refractivity contribution >= 4 is 11.4 Å². The van der Waals surface area contributed by atoms with E-state index in [1.165, 1.54) is 25.7 Å². The van der Waals surface area contributed by atoms with Gasteiger partial charge in [0.25, 0.3) is 0 Å². The summed E-state index contributed by atoms with van der Waals surface area (Å²) in [5.41, 5.74) is 2.28. The highest BCUT2D eigenvalue weighted by Gasteiger charge is 1.96. The summed E-state index contributed by atoms with van der Waals surface area (Å²) < 4.78 is 5.78. The Balaban J connectivity index is 1.58. The molecule has 0 saturated heterocycles. The predicted octanol–water partition coefficient (Wildman–Crippen LogP) is 5.56. The van der Waals surface area contributed by atoms with E-state index in [0.717, 1.165) is 43.2 Å². The Labute approximate surface area is 146 Å². The molecule has 3 nitrogen and oxygen atoms in total. The number of anilines is 2. The first-order valence-electron chi connectivity index (χ1n) is 9.14. The lowest BCUT2D eigenvalue weighted by Crippen LogP contribution is -2.13. The molecule has 24 heavy (non-hydrogen) atoms. The minimum absolute atomic E-state index is 0.817. The summed E-state index contributed by atoms with van der Waals surface area (Å²) in [6.45, 7) is 4.83. The molecule has 0 heterocycles. The van der Waals surface area contributed by atoms with Gasteiger partial charge in [0.2, 0.25) is 0 Å². The molecule has 0 unspecified atom stereocenters. The number of ether oxygens (including phenoxy) is 1. The van der Waals surface area contributed by atoms with Crippen LogP contribution in [0.3, 0.4) is 0 Å². The summed E-state index contributed by atoms with van der Waals surface area (Å²) >= 11 is 0. The maximum absolute atomic E-state index is 5.78. The smallest absolute Gasteiger partial charge is 0.119 e. The molecule has 2 N–H and O–H groups in total. The first-order chi connectivity index (χ1) is 11.9. The van der Waals surface area contributed by atoms with Crippen molar-refractivity contribution in [1.82, 2.24) is 0 Å². The molecule has 0 amide bonds. The fourth-order valence-electron chi connectivity index (χ4n) is 2.53. The number of nitrogens with one attached hydrogen (secondary N) is 2. The van der Waals surface area contributed by atoms with Crippen LogP contribution >= 0.6 is 0 Å². The first kappa shape index (κ1) is 18.2. The molecule has 0 aliphatic rings. The summed E-state index contributed by atoms with van der Waals surface area (Å²) in [4.78, 5) is 0. The standard InChI is InChI=1S/C21H30N2O/c1-2-3-4-5-9-18-24-21-14-12-20(13-15-21)23-17-16-22-19-10-7-6-8-11-19/h6-8,10-15,22-23H,2-5,9,16-18H2,1H3. The SMILES string of the molecule is CCCCCCCOc1ccc(NCCNc2ccccc2)cc1. The molecule has 0 atom stereocenters. The molecular formula is C21H30N2O. The zero-order chi connectivity index (χ0) is 16.9. The monoisotopic (exact) mass is 326 g/mol. The number of benzene rings is 2. The van der Waals surface area contributed by atoms with Crippen molar-refractivity contribution in [3.05, 3.63) is 54.6 Å². The minimum atomic E-state index is 0.817. The van der Waals surface area contributed by atoms with Crippen molar-refractivity contribution in [3.63, 3.8) is 0 Å².